The zero-order valence-electron chi connectivity index (χ0n) is 15.1. The first kappa shape index (κ1) is 18.3. The summed E-state index contributed by atoms with van der Waals surface area (Å²) in [6.45, 7) is 0.428. The van der Waals surface area contributed by atoms with Gasteiger partial charge in [0, 0.05) is 5.56 Å². The van der Waals surface area contributed by atoms with Crippen LogP contribution in [-0.4, -0.2) is 12.9 Å². The lowest BCUT2D eigenvalue weighted by Gasteiger charge is -2.13. The second kappa shape index (κ2) is 8.73. The second-order valence-corrected chi connectivity index (χ2v) is 5.84. The normalized spacial score (nSPS) is 11.1. The van der Waals surface area contributed by atoms with E-state index in [2.05, 4.69) is 46.9 Å². The van der Waals surface area contributed by atoms with Crippen LogP contribution in [0.25, 0.3) is 11.1 Å². The van der Waals surface area contributed by atoms with Gasteiger partial charge in [-0.3, -0.25) is 0 Å². The first-order valence-electron chi connectivity index (χ1n) is 8.45. The highest BCUT2D eigenvalue weighted by Crippen LogP contribution is 2.29. The molecule has 0 fully saturated rings. The Hall–Kier alpha value is -3.51. The SMILES string of the molecule is COc1cc(/C(=N/N)NN)ccc1OCc1ccc(-c2ccccc2)cc1. The molecule has 0 saturated heterocycles. The van der Waals surface area contributed by atoms with Crippen LogP contribution in [0.15, 0.2) is 77.9 Å². The molecule has 138 valence electrons. The fraction of sp³-hybridized carbons (Fsp3) is 0.0952. The van der Waals surface area contributed by atoms with Crippen molar-refractivity contribution in [2.24, 2.45) is 16.8 Å². The van der Waals surface area contributed by atoms with Gasteiger partial charge in [0.2, 0.25) is 0 Å². The lowest BCUT2D eigenvalue weighted by Crippen LogP contribution is -2.32. The van der Waals surface area contributed by atoms with E-state index in [1.54, 1.807) is 19.2 Å². The van der Waals surface area contributed by atoms with E-state index in [1.165, 1.54) is 11.1 Å². The highest BCUT2D eigenvalue weighted by molar-refractivity contribution is 5.98. The zero-order chi connectivity index (χ0) is 19.1. The van der Waals surface area contributed by atoms with Crippen molar-refractivity contribution in [1.29, 1.82) is 0 Å². The van der Waals surface area contributed by atoms with Crippen LogP contribution in [0, 0.1) is 0 Å². The molecule has 3 aromatic rings. The smallest absolute Gasteiger partial charge is 0.166 e. The molecular formula is C21H22N4O2. The molecule has 6 nitrogen and oxygen atoms in total. The molecule has 0 spiro atoms. The summed E-state index contributed by atoms with van der Waals surface area (Å²) in [5.74, 6) is 12.3. The molecule has 0 atom stereocenters. The van der Waals surface area contributed by atoms with Crippen molar-refractivity contribution in [2.45, 2.75) is 6.61 Å². The molecule has 0 aromatic heterocycles. The molecule has 0 bridgehead atoms. The molecule has 0 aliphatic heterocycles. The average molecular weight is 362 g/mol. The van der Waals surface area contributed by atoms with Crippen molar-refractivity contribution in [2.75, 3.05) is 7.11 Å². The van der Waals surface area contributed by atoms with Gasteiger partial charge in [-0.1, -0.05) is 54.6 Å². The Morgan fingerprint density at radius 2 is 1.63 bits per heavy atom. The first-order valence-corrected chi connectivity index (χ1v) is 8.45. The number of hydrogen-bond acceptors (Lipinski definition) is 5. The van der Waals surface area contributed by atoms with Crippen molar-refractivity contribution < 1.29 is 9.47 Å². The Morgan fingerprint density at radius 1 is 0.926 bits per heavy atom. The van der Waals surface area contributed by atoms with E-state index in [1.807, 2.05) is 24.3 Å². The van der Waals surface area contributed by atoms with Crippen LogP contribution in [0.5, 0.6) is 11.5 Å². The molecule has 0 unspecified atom stereocenters. The van der Waals surface area contributed by atoms with Gasteiger partial charge in [-0.05, 0) is 34.9 Å². The number of nitrogens with zero attached hydrogens (tertiary/aromatic N) is 1. The molecular weight excluding hydrogens is 340 g/mol. The lowest BCUT2D eigenvalue weighted by atomic mass is 10.0. The van der Waals surface area contributed by atoms with Gasteiger partial charge in [-0.2, -0.15) is 5.10 Å². The van der Waals surface area contributed by atoms with E-state index in [0.29, 0.717) is 29.5 Å². The molecule has 0 radical (unpaired) electrons. The average Bonchev–Trinajstić information content (AvgIpc) is 2.74. The van der Waals surface area contributed by atoms with Crippen molar-refractivity contribution >= 4 is 5.84 Å². The fourth-order valence-corrected chi connectivity index (χ4v) is 2.71. The quantitative estimate of drug-likeness (QED) is 0.271. The van der Waals surface area contributed by atoms with Crippen molar-refractivity contribution in [3.8, 4) is 22.6 Å². The van der Waals surface area contributed by atoms with Crippen LogP contribution in [-0.2, 0) is 6.61 Å². The summed E-state index contributed by atoms with van der Waals surface area (Å²) in [6, 6.07) is 23.9. The summed E-state index contributed by atoms with van der Waals surface area (Å²) in [7, 11) is 1.58. The van der Waals surface area contributed by atoms with E-state index in [-0.39, 0.29) is 0 Å². The lowest BCUT2D eigenvalue weighted by molar-refractivity contribution is 0.284. The molecule has 0 saturated carbocycles. The maximum absolute atomic E-state index is 5.91. The molecule has 3 aromatic carbocycles. The van der Waals surface area contributed by atoms with Crippen LogP contribution in [0.1, 0.15) is 11.1 Å². The number of rotatable bonds is 6. The number of methoxy groups -OCH3 is 1. The highest BCUT2D eigenvalue weighted by Gasteiger charge is 2.09. The number of hydrazine groups is 1. The molecule has 3 rings (SSSR count). The number of benzene rings is 3. The van der Waals surface area contributed by atoms with Gasteiger partial charge < -0.3 is 20.7 Å². The predicted octanol–water partition coefficient (Wildman–Crippen LogP) is 3.02. The summed E-state index contributed by atoms with van der Waals surface area (Å²) < 4.78 is 11.3. The minimum Gasteiger partial charge on any atom is -0.493 e. The number of nitrogens with two attached hydrogens (primary N) is 2. The largest absolute Gasteiger partial charge is 0.493 e. The third kappa shape index (κ3) is 4.37. The standard InChI is InChI=1S/C21H22N4O2/c1-26-20-13-18(21(24-22)25-23)11-12-19(20)27-14-15-7-9-17(10-8-15)16-5-3-2-4-6-16/h2-13H,14,22-23H2,1H3,(H,24,25). The molecule has 0 amide bonds. The number of ether oxygens (including phenoxy) is 2. The van der Waals surface area contributed by atoms with Crippen LogP contribution in [0.4, 0.5) is 0 Å². The second-order valence-electron chi connectivity index (χ2n) is 5.84. The summed E-state index contributed by atoms with van der Waals surface area (Å²) in [6.07, 6.45) is 0. The summed E-state index contributed by atoms with van der Waals surface area (Å²) in [4.78, 5) is 0. The van der Waals surface area contributed by atoms with E-state index < -0.39 is 0 Å². The van der Waals surface area contributed by atoms with Crippen molar-refractivity contribution in [3.05, 3.63) is 83.9 Å². The summed E-state index contributed by atoms with van der Waals surface area (Å²) in [5.41, 5.74) is 6.57. The number of nitrogens with one attached hydrogen (secondary N) is 1. The van der Waals surface area contributed by atoms with Gasteiger partial charge >= 0.3 is 0 Å². The van der Waals surface area contributed by atoms with E-state index in [9.17, 15) is 0 Å². The van der Waals surface area contributed by atoms with E-state index in [4.69, 9.17) is 21.2 Å². The summed E-state index contributed by atoms with van der Waals surface area (Å²) >= 11 is 0. The molecule has 5 N–H and O–H groups in total. The molecule has 0 aliphatic carbocycles. The zero-order valence-corrected chi connectivity index (χ0v) is 15.1. The van der Waals surface area contributed by atoms with Gasteiger partial charge in [-0.15, -0.1) is 0 Å². The molecule has 0 heterocycles. The third-order valence-corrected chi connectivity index (χ3v) is 4.16. The maximum Gasteiger partial charge on any atom is 0.166 e. The summed E-state index contributed by atoms with van der Waals surface area (Å²) in [5, 5.41) is 3.59. The molecule has 6 heteroatoms. The monoisotopic (exact) mass is 362 g/mol. The van der Waals surface area contributed by atoms with Gasteiger partial charge in [-0.25, -0.2) is 5.84 Å². The van der Waals surface area contributed by atoms with Crippen LogP contribution >= 0.6 is 0 Å². The fourth-order valence-electron chi connectivity index (χ4n) is 2.71. The number of hydrogen-bond donors (Lipinski definition) is 3. The Balaban J connectivity index is 1.71. The third-order valence-electron chi connectivity index (χ3n) is 4.16. The highest BCUT2D eigenvalue weighted by atomic mass is 16.5. The topological polar surface area (TPSA) is 94.9 Å². The first-order chi connectivity index (χ1) is 13.2. The molecule has 0 aliphatic rings. The Bertz CT molecular complexity index is 909. The van der Waals surface area contributed by atoms with Crippen molar-refractivity contribution in [3.63, 3.8) is 0 Å². The van der Waals surface area contributed by atoms with Gasteiger partial charge in [0.05, 0.1) is 7.11 Å². The van der Waals surface area contributed by atoms with Gasteiger partial charge in [0.25, 0.3) is 0 Å². The van der Waals surface area contributed by atoms with E-state index in [0.717, 1.165) is 5.56 Å². The van der Waals surface area contributed by atoms with Crippen LogP contribution < -0.4 is 26.6 Å². The van der Waals surface area contributed by atoms with E-state index >= 15 is 0 Å². The van der Waals surface area contributed by atoms with Crippen LogP contribution in [0.2, 0.25) is 0 Å². The Labute approximate surface area is 158 Å². The van der Waals surface area contributed by atoms with Gasteiger partial charge in [0.1, 0.15) is 6.61 Å². The van der Waals surface area contributed by atoms with Crippen LogP contribution in [0.3, 0.4) is 0 Å². The predicted molar refractivity (Wildman–Crippen MR) is 107 cm³/mol. The number of hydrazone groups is 1. The number of amidine groups is 1. The Morgan fingerprint density at radius 3 is 2.26 bits per heavy atom. The van der Waals surface area contributed by atoms with Gasteiger partial charge in [0.15, 0.2) is 17.3 Å². The molecule has 27 heavy (non-hydrogen) atoms. The van der Waals surface area contributed by atoms with Crippen molar-refractivity contribution in [1.82, 2.24) is 5.43 Å². The maximum atomic E-state index is 5.91. The minimum absolute atomic E-state index is 0.358. The minimum atomic E-state index is 0.358. The Kier molecular flexibility index (Phi) is 5.91.